The predicted molar refractivity (Wildman–Crippen MR) is 98.8 cm³/mol. The van der Waals surface area contributed by atoms with E-state index in [1.165, 1.54) is 0 Å². The molecule has 2 rings (SSSR count). The number of anilines is 1. The summed E-state index contributed by atoms with van der Waals surface area (Å²) >= 11 is 0. The number of hydrogen-bond acceptors (Lipinski definition) is 3. The van der Waals surface area contributed by atoms with E-state index in [0.29, 0.717) is 23.4 Å². The zero-order valence-corrected chi connectivity index (χ0v) is 14.8. The van der Waals surface area contributed by atoms with Crippen LogP contribution in [0.1, 0.15) is 37.6 Å². The molecule has 1 atom stereocenters. The van der Waals surface area contributed by atoms with Crippen LogP contribution in [0.2, 0.25) is 0 Å². The van der Waals surface area contributed by atoms with Crippen LogP contribution in [0.3, 0.4) is 0 Å². The number of para-hydroxylation sites is 2. The summed E-state index contributed by atoms with van der Waals surface area (Å²) in [5.74, 6) is 0.134. The van der Waals surface area contributed by atoms with Gasteiger partial charge in [-0.1, -0.05) is 37.3 Å². The lowest BCUT2D eigenvalue weighted by molar-refractivity contribution is -0.122. The van der Waals surface area contributed by atoms with Crippen LogP contribution in [0.15, 0.2) is 54.6 Å². The summed E-state index contributed by atoms with van der Waals surface area (Å²) in [6.07, 6.45) is -0.121. The molecule has 2 amide bonds. The summed E-state index contributed by atoms with van der Waals surface area (Å²) in [6, 6.07) is 16.2. The lowest BCUT2D eigenvalue weighted by Gasteiger charge is -2.18. The zero-order chi connectivity index (χ0) is 18.2. The molecular formula is C20H24N2O3. The van der Waals surface area contributed by atoms with Crippen molar-refractivity contribution in [2.75, 3.05) is 5.32 Å². The van der Waals surface area contributed by atoms with Gasteiger partial charge in [-0.15, -0.1) is 0 Å². The fourth-order valence-electron chi connectivity index (χ4n) is 2.33. The molecule has 0 aromatic heterocycles. The lowest BCUT2D eigenvalue weighted by Crippen LogP contribution is -2.34. The average Bonchev–Trinajstić information content (AvgIpc) is 2.60. The minimum absolute atomic E-state index is 0.0149. The molecule has 2 aromatic carbocycles. The second kappa shape index (κ2) is 8.87. The molecule has 0 saturated heterocycles. The average molecular weight is 340 g/mol. The van der Waals surface area contributed by atoms with Gasteiger partial charge in [0.1, 0.15) is 5.75 Å². The highest BCUT2D eigenvalue weighted by atomic mass is 16.5. The number of nitrogens with one attached hydrogen (secondary N) is 2. The molecule has 25 heavy (non-hydrogen) atoms. The van der Waals surface area contributed by atoms with Gasteiger partial charge in [0, 0.05) is 6.04 Å². The molecule has 0 bridgehead atoms. The van der Waals surface area contributed by atoms with E-state index >= 15 is 0 Å². The summed E-state index contributed by atoms with van der Waals surface area (Å²) in [6.45, 7) is 5.66. The van der Waals surface area contributed by atoms with Gasteiger partial charge in [-0.25, -0.2) is 0 Å². The van der Waals surface area contributed by atoms with Gasteiger partial charge >= 0.3 is 0 Å². The molecule has 5 heteroatoms. The number of amides is 2. The SMILES string of the molecule is CC[C@@H](Oc1ccccc1)C(=O)Nc1ccccc1C(=O)NC(C)C. The zero-order valence-electron chi connectivity index (χ0n) is 14.8. The summed E-state index contributed by atoms with van der Waals surface area (Å²) in [5, 5.41) is 5.65. The van der Waals surface area contributed by atoms with E-state index in [0.717, 1.165) is 0 Å². The van der Waals surface area contributed by atoms with Gasteiger partial charge in [0.15, 0.2) is 6.10 Å². The van der Waals surface area contributed by atoms with E-state index in [9.17, 15) is 9.59 Å². The smallest absolute Gasteiger partial charge is 0.265 e. The van der Waals surface area contributed by atoms with Gasteiger partial charge in [0.2, 0.25) is 0 Å². The van der Waals surface area contributed by atoms with Crippen molar-refractivity contribution in [1.82, 2.24) is 5.32 Å². The monoisotopic (exact) mass is 340 g/mol. The molecule has 0 unspecified atom stereocenters. The van der Waals surface area contributed by atoms with Crippen LogP contribution in [-0.4, -0.2) is 24.0 Å². The molecule has 0 heterocycles. The van der Waals surface area contributed by atoms with Gasteiger partial charge in [-0.3, -0.25) is 9.59 Å². The summed E-state index contributed by atoms with van der Waals surface area (Å²) in [4.78, 5) is 24.9. The van der Waals surface area contributed by atoms with E-state index in [1.807, 2.05) is 39.0 Å². The van der Waals surface area contributed by atoms with Crippen molar-refractivity contribution >= 4 is 17.5 Å². The van der Waals surface area contributed by atoms with E-state index in [-0.39, 0.29) is 17.9 Å². The Hall–Kier alpha value is -2.82. The van der Waals surface area contributed by atoms with Gasteiger partial charge < -0.3 is 15.4 Å². The molecule has 2 aromatic rings. The second-order valence-electron chi connectivity index (χ2n) is 5.99. The number of hydrogen-bond donors (Lipinski definition) is 2. The first-order valence-corrected chi connectivity index (χ1v) is 8.43. The largest absolute Gasteiger partial charge is 0.481 e. The molecule has 0 saturated carbocycles. The van der Waals surface area contributed by atoms with Crippen LogP contribution in [0.4, 0.5) is 5.69 Å². The van der Waals surface area contributed by atoms with E-state index in [4.69, 9.17) is 4.74 Å². The van der Waals surface area contributed by atoms with Gasteiger partial charge in [-0.2, -0.15) is 0 Å². The van der Waals surface area contributed by atoms with Crippen LogP contribution in [-0.2, 0) is 4.79 Å². The van der Waals surface area contributed by atoms with Crippen molar-refractivity contribution in [3.05, 3.63) is 60.2 Å². The van der Waals surface area contributed by atoms with Gasteiger partial charge in [-0.05, 0) is 44.5 Å². The summed E-state index contributed by atoms with van der Waals surface area (Å²) < 4.78 is 5.75. The third-order valence-corrected chi connectivity index (χ3v) is 3.53. The number of carbonyl (C=O) groups is 2. The van der Waals surface area contributed by atoms with Crippen molar-refractivity contribution < 1.29 is 14.3 Å². The van der Waals surface area contributed by atoms with Crippen molar-refractivity contribution in [3.8, 4) is 5.75 Å². The van der Waals surface area contributed by atoms with E-state index < -0.39 is 6.10 Å². The minimum atomic E-state index is -0.636. The van der Waals surface area contributed by atoms with Crippen LogP contribution in [0, 0.1) is 0 Å². The maximum absolute atomic E-state index is 12.6. The quantitative estimate of drug-likeness (QED) is 0.809. The highest BCUT2D eigenvalue weighted by molar-refractivity contribution is 6.04. The minimum Gasteiger partial charge on any atom is -0.481 e. The third kappa shape index (κ3) is 5.35. The molecule has 5 nitrogen and oxygen atoms in total. The number of rotatable bonds is 7. The first kappa shape index (κ1) is 18.5. The summed E-state index contributed by atoms with van der Waals surface area (Å²) in [7, 11) is 0. The molecule has 0 radical (unpaired) electrons. The number of carbonyl (C=O) groups excluding carboxylic acids is 2. The van der Waals surface area contributed by atoms with Gasteiger partial charge in [0.05, 0.1) is 11.3 Å². The highest BCUT2D eigenvalue weighted by Gasteiger charge is 2.21. The normalized spacial score (nSPS) is 11.7. The maximum atomic E-state index is 12.6. The van der Waals surface area contributed by atoms with Crippen molar-refractivity contribution in [2.45, 2.75) is 39.3 Å². The number of ether oxygens (including phenoxy) is 1. The number of benzene rings is 2. The van der Waals surface area contributed by atoms with E-state index in [1.54, 1.807) is 36.4 Å². The fraction of sp³-hybridized carbons (Fsp3) is 0.300. The Bertz CT molecular complexity index is 714. The Kier molecular flexibility index (Phi) is 6.57. The Balaban J connectivity index is 2.12. The van der Waals surface area contributed by atoms with Crippen LogP contribution in [0.25, 0.3) is 0 Å². The molecule has 0 fully saturated rings. The Morgan fingerprint density at radius 1 is 1.00 bits per heavy atom. The molecule has 0 aliphatic rings. The second-order valence-corrected chi connectivity index (χ2v) is 5.99. The topological polar surface area (TPSA) is 67.4 Å². The third-order valence-electron chi connectivity index (χ3n) is 3.53. The molecule has 0 aliphatic carbocycles. The van der Waals surface area contributed by atoms with Crippen LogP contribution < -0.4 is 15.4 Å². The van der Waals surface area contributed by atoms with Crippen molar-refractivity contribution in [3.63, 3.8) is 0 Å². The Labute approximate surface area is 148 Å². The van der Waals surface area contributed by atoms with Gasteiger partial charge in [0.25, 0.3) is 11.8 Å². The van der Waals surface area contributed by atoms with Crippen LogP contribution in [0.5, 0.6) is 5.75 Å². The molecule has 132 valence electrons. The highest BCUT2D eigenvalue weighted by Crippen LogP contribution is 2.18. The first-order valence-electron chi connectivity index (χ1n) is 8.43. The van der Waals surface area contributed by atoms with Crippen molar-refractivity contribution in [1.29, 1.82) is 0 Å². The molecule has 0 aliphatic heterocycles. The van der Waals surface area contributed by atoms with Crippen LogP contribution >= 0.6 is 0 Å². The lowest BCUT2D eigenvalue weighted by atomic mass is 10.1. The molecular weight excluding hydrogens is 316 g/mol. The molecule has 2 N–H and O–H groups in total. The standard InChI is InChI=1S/C20H24N2O3/c1-4-18(25-15-10-6-5-7-11-15)20(24)22-17-13-9-8-12-16(17)19(23)21-14(2)3/h5-14,18H,4H2,1-3H3,(H,21,23)(H,22,24)/t18-/m1/s1. The first-order chi connectivity index (χ1) is 12.0. The predicted octanol–water partition coefficient (Wildman–Crippen LogP) is 3.62. The van der Waals surface area contributed by atoms with E-state index in [2.05, 4.69) is 10.6 Å². The molecule has 0 spiro atoms. The Morgan fingerprint density at radius 3 is 2.28 bits per heavy atom. The maximum Gasteiger partial charge on any atom is 0.265 e. The Morgan fingerprint density at radius 2 is 1.64 bits per heavy atom. The van der Waals surface area contributed by atoms with Crippen molar-refractivity contribution in [2.24, 2.45) is 0 Å². The fourth-order valence-corrected chi connectivity index (χ4v) is 2.33. The summed E-state index contributed by atoms with van der Waals surface area (Å²) in [5.41, 5.74) is 0.903.